The molecule has 1 aliphatic rings. The summed E-state index contributed by atoms with van der Waals surface area (Å²) in [6, 6.07) is 11.0. The summed E-state index contributed by atoms with van der Waals surface area (Å²) in [5.41, 5.74) is 8.45. The summed E-state index contributed by atoms with van der Waals surface area (Å²) in [6.07, 6.45) is 4.05. The molecule has 0 bridgehead atoms. The summed E-state index contributed by atoms with van der Waals surface area (Å²) in [7, 11) is 0. The Kier molecular flexibility index (Phi) is 3.15. The molecule has 1 aromatic carbocycles. The van der Waals surface area contributed by atoms with E-state index in [1.165, 1.54) is 5.69 Å². The number of nitrogens with two attached hydrogens (primary N) is 1. The zero-order valence-corrected chi connectivity index (χ0v) is 11.3. The summed E-state index contributed by atoms with van der Waals surface area (Å²) in [4.78, 5) is 2.43. The van der Waals surface area contributed by atoms with Gasteiger partial charge in [-0.15, -0.1) is 0 Å². The molecule has 0 unspecified atom stereocenters. The molecule has 19 heavy (non-hydrogen) atoms. The predicted octanol–water partition coefficient (Wildman–Crippen LogP) is 2.62. The molecule has 0 spiro atoms. The molecule has 0 saturated carbocycles. The molecule has 0 atom stereocenters. The van der Waals surface area contributed by atoms with Gasteiger partial charge in [0.2, 0.25) is 0 Å². The molecule has 2 N–H and O–H groups in total. The number of aryl methyl sites for hydroxylation is 1. The number of hydrogen-bond donors (Lipinski definition) is 1. The van der Waals surface area contributed by atoms with Gasteiger partial charge >= 0.3 is 0 Å². The van der Waals surface area contributed by atoms with Crippen molar-refractivity contribution in [2.24, 2.45) is 0 Å². The minimum Gasteiger partial charge on any atom is -0.384 e. The molecule has 0 amide bonds. The van der Waals surface area contributed by atoms with Crippen LogP contribution in [0.4, 0.5) is 11.5 Å². The van der Waals surface area contributed by atoms with Crippen molar-refractivity contribution in [3.05, 3.63) is 42.1 Å². The van der Waals surface area contributed by atoms with Crippen LogP contribution in [-0.4, -0.2) is 22.9 Å². The Morgan fingerprint density at radius 3 is 2.42 bits per heavy atom. The monoisotopic (exact) mass is 256 g/mol. The zero-order valence-electron chi connectivity index (χ0n) is 11.3. The van der Waals surface area contributed by atoms with Gasteiger partial charge in [0.1, 0.15) is 5.82 Å². The normalized spacial score (nSPS) is 16.8. The third-order valence-electron chi connectivity index (χ3n) is 3.96. The van der Waals surface area contributed by atoms with E-state index in [0.717, 1.165) is 37.3 Å². The summed E-state index contributed by atoms with van der Waals surface area (Å²) in [6.45, 7) is 4.14. The van der Waals surface area contributed by atoms with Crippen molar-refractivity contribution in [2.75, 3.05) is 23.7 Å². The first-order valence-electron chi connectivity index (χ1n) is 6.85. The van der Waals surface area contributed by atoms with Crippen molar-refractivity contribution in [3.63, 3.8) is 0 Å². The van der Waals surface area contributed by atoms with Crippen molar-refractivity contribution in [1.29, 1.82) is 0 Å². The second-order valence-electron chi connectivity index (χ2n) is 5.21. The lowest BCUT2D eigenvalue weighted by Crippen LogP contribution is -2.35. The maximum Gasteiger partial charge on any atom is 0.124 e. The van der Waals surface area contributed by atoms with E-state index in [9.17, 15) is 0 Å². The van der Waals surface area contributed by atoms with Crippen molar-refractivity contribution < 1.29 is 0 Å². The molecule has 2 aromatic rings. The second kappa shape index (κ2) is 4.96. The van der Waals surface area contributed by atoms with Gasteiger partial charge in [0.15, 0.2) is 0 Å². The van der Waals surface area contributed by atoms with Crippen molar-refractivity contribution in [3.8, 4) is 0 Å². The molecule has 1 aliphatic heterocycles. The summed E-state index contributed by atoms with van der Waals surface area (Å²) in [5, 5.41) is 4.41. The number of piperidine rings is 1. The number of para-hydroxylation sites is 1. The van der Waals surface area contributed by atoms with E-state index < -0.39 is 0 Å². The summed E-state index contributed by atoms with van der Waals surface area (Å²) in [5.74, 6) is 0.818. The van der Waals surface area contributed by atoms with Gasteiger partial charge in [0.25, 0.3) is 0 Å². The maximum atomic E-state index is 6.07. The molecule has 4 heteroatoms. The minimum absolute atomic E-state index is 0.439. The highest BCUT2D eigenvalue weighted by Crippen LogP contribution is 2.28. The van der Waals surface area contributed by atoms with Gasteiger partial charge in [-0.05, 0) is 31.9 Å². The molecule has 3 rings (SSSR count). The van der Waals surface area contributed by atoms with Crippen LogP contribution in [0.3, 0.4) is 0 Å². The number of anilines is 2. The van der Waals surface area contributed by atoms with Gasteiger partial charge < -0.3 is 10.6 Å². The van der Waals surface area contributed by atoms with Crippen molar-refractivity contribution in [2.45, 2.75) is 25.8 Å². The zero-order chi connectivity index (χ0) is 13.2. The highest BCUT2D eigenvalue weighted by atomic mass is 15.3. The minimum atomic E-state index is 0.439. The van der Waals surface area contributed by atoms with Gasteiger partial charge in [0, 0.05) is 24.3 Å². The Morgan fingerprint density at radius 1 is 1.16 bits per heavy atom. The summed E-state index contributed by atoms with van der Waals surface area (Å²) < 4.78 is 2.00. The fraction of sp³-hybridized carbons (Fsp3) is 0.400. The molecule has 100 valence electrons. The van der Waals surface area contributed by atoms with E-state index in [1.54, 1.807) is 0 Å². The lowest BCUT2D eigenvalue weighted by molar-refractivity contribution is 0.371. The quantitative estimate of drug-likeness (QED) is 0.898. The second-order valence-corrected chi connectivity index (χ2v) is 5.21. The van der Waals surface area contributed by atoms with Crippen LogP contribution >= 0.6 is 0 Å². The number of nitrogens with zero attached hydrogens (tertiary/aromatic N) is 3. The van der Waals surface area contributed by atoms with Gasteiger partial charge in [-0.1, -0.05) is 18.2 Å². The van der Waals surface area contributed by atoms with E-state index >= 15 is 0 Å². The third kappa shape index (κ3) is 2.30. The summed E-state index contributed by atoms with van der Waals surface area (Å²) >= 11 is 0. The number of nitrogen functional groups attached to an aromatic ring is 1. The Balaban J connectivity index is 1.68. The average molecular weight is 256 g/mol. The number of aromatic nitrogens is 2. The van der Waals surface area contributed by atoms with E-state index in [-0.39, 0.29) is 0 Å². The number of hydrogen-bond acceptors (Lipinski definition) is 3. The van der Waals surface area contributed by atoms with Gasteiger partial charge in [0.05, 0.1) is 12.2 Å². The van der Waals surface area contributed by atoms with Gasteiger partial charge in [-0.2, -0.15) is 5.10 Å². The SMILES string of the molecule is Cc1cnn(C2CCN(c3ccccc3)CC2)c1N. The maximum absolute atomic E-state index is 6.07. The average Bonchev–Trinajstić information content (AvgIpc) is 2.80. The molecule has 0 aliphatic carbocycles. The first-order chi connectivity index (χ1) is 9.25. The third-order valence-corrected chi connectivity index (χ3v) is 3.96. The van der Waals surface area contributed by atoms with E-state index in [2.05, 4.69) is 40.3 Å². The molecule has 2 heterocycles. The van der Waals surface area contributed by atoms with Crippen LogP contribution in [0.1, 0.15) is 24.4 Å². The molecule has 1 aromatic heterocycles. The highest BCUT2D eigenvalue weighted by molar-refractivity contribution is 5.46. The van der Waals surface area contributed by atoms with Crippen LogP contribution < -0.4 is 10.6 Å². The fourth-order valence-corrected chi connectivity index (χ4v) is 2.76. The molecular weight excluding hydrogens is 236 g/mol. The Bertz CT molecular complexity index is 539. The first kappa shape index (κ1) is 12.1. The molecule has 0 radical (unpaired) electrons. The smallest absolute Gasteiger partial charge is 0.124 e. The van der Waals surface area contributed by atoms with Crippen molar-refractivity contribution in [1.82, 2.24) is 9.78 Å². The van der Waals surface area contributed by atoms with E-state index in [4.69, 9.17) is 5.73 Å². The van der Waals surface area contributed by atoms with E-state index in [0.29, 0.717) is 6.04 Å². The van der Waals surface area contributed by atoms with Crippen LogP contribution in [0, 0.1) is 6.92 Å². The Hall–Kier alpha value is -1.97. The fourth-order valence-electron chi connectivity index (χ4n) is 2.76. The number of benzene rings is 1. The van der Waals surface area contributed by atoms with Gasteiger partial charge in [-0.3, -0.25) is 0 Å². The van der Waals surface area contributed by atoms with Crippen LogP contribution in [0.15, 0.2) is 36.5 Å². The molecule has 1 saturated heterocycles. The molecular formula is C15H20N4. The van der Waals surface area contributed by atoms with E-state index in [1.807, 2.05) is 17.8 Å². The van der Waals surface area contributed by atoms with Crippen LogP contribution in [-0.2, 0) is 0 Å². The topological polar surface area (TPSA) is 47.1 Å². The number of rotatable bonds is 2. The van der Waals surface area contributed by atoms with Gasteiger partial charge in [-0.25, -0.2) is 4.68 Å². The van der Waals surface area contributed by atoms with Crippen LogP contribution in [0.5, 0.6) is 0 Å². The highest BCUT2D eigenvalue weighted by Gasteiger charge is 2.22. The van der Waals surface area contributed by atoms with Crippen LogP contribution in [0.25, 0.3) is 0 Å². The lowest BCUT2D eigenvalue weighted by Gasteiger charge is -2.34. The Labute approximate surface area is 113 Å². The van der Waals surface area contributed by atoms with Crippen LogP contribution in [0.2, 0.25) is 0 Å². The largest absolute Gasteiger partial charge is 0.384 e. The molecule has 4 nitrogen and oxygen atoms in total. The van der Waals surface area contributed by atoms with Crippen molar-refractivity contribution >= 4 is 11.5 Å². The molecule has 1 fully saturated rings. The first-order valence-corrected chi connectivity index (χ1v) is 6.85. The Morgan fingerprint density at radius 2 is 1.84 bits per heavy atom. The predicted molar refractivity (Wildman–Crippen MR) is 78.3 cm³/mol. The lowest BCUT2D eigenvalue weighted by atomic mass is 10.0. The standard InChI is InChI=1S/C15H20N4/c1-12-11-17-19(15(12)16)14-7-9-18(10-8-14)13-5-3-2-4-6-13/h2-6,11,14H,7-10,16H2,1H3.